The van der Waals surface area contributed by atoms with Crippen LogP contribution in [0.25, 0.3) is 27.7 Å². The van der Waals surface area contributed by atoms with E-state index in [-0.39, 0.29) is 5.56 Å². The molecule has 2 heterocycles. The molecule has 5 nitrogen and oxygen atoms in total. The SMILES string of the molecule is CCc1nc(C2CCC(C(C)(C)C)CC2)n2nc(-c3cccc4ccccc34)[nH]c(=O)c12. The van der Waals surface area contributed by atoms with Crippen LogP contribution in [0.2, 0.25) is 0 Å². The Morgan fingerprint density at radius 1 is 1.03 bits per heavy atom. The van der Waals surface area contributed by atoms with Crippen molar-refractivity contribution in [3.05, 3.63) is 64.3 Å². The Hall–Kier alpha value is -2.95. The van der Waals surface area contributed by atoms with Crippen molar-refractivity contribution in [1.82, 2.24) is 19.6 Å². The number of benzene rings is 2. The molecular weight excluding hydrogens is 396 g/mol. The van der Waals surface area contributed by atoms with Gasteiger partial charge in [-0.1, -0.05) is 70.2 Å². The smallest absolute Gasteiger partial charge is 0.277 e. The second-order valence-corrected chi connectivity index (χ2v) is 10.3. The van der Waals surface area contributed by atoms with Crippen LogP contribution >= 0.6 is 0 Å². The summed E-state index contributed by atoms with van der Waals surface area (Å²) in [5.41, 5.74) is 2.62. The fourth-order valence-corrected chi connectivity index (χ4v) is 5.38. The number of nitrogens with zero attached hydrogens (tertiary/aromatic N) is 3. The predicted octanol–water partition coefficient (Wildman–Crippen LogP) is 6.12. The standard InChI is InChI=1S/C27H32N4O/c1-5-22-23-26(32)29-24(21-12-8-10-17-9-6-7-11-20(17)21)30-31(23)25(28-22)18-13-15-19(16-14-18)27(2,3)4/h6-12,18-19H,5,13-16H2,1-4H3,(H,29,30,32). The summed E-state index contributed by atoms with van der Waals surface area (Å²) in [5.74, 6) is 2.63. The highest BCUT2D eigenvalue weighted by Gasteiger charge is 2.32. The Kier molecular flexibility index (Phi) is 5.15. The zero-order valence-electron chi connectivity index (χ0n) is 19.5. The van der Waals surface area contributed by atoms with Gasteiger partial charge in [-0.05, 0) is 54.2 Å². The van der Waals surface area contributed by atoms with E-state index in [9.17, 15) is 4.79 Å². The van der Waals surface area contributed by atoms with Gasteiger partial charge < -0.3 is 4.98 Å². The van der Waals surface area contributed by atoms with Crippen LogP contribution in [0.5, 0.6) is 0 Å². The van der Waals surface area contributed by atoms with E-state index in [1.807, 2.05) is 28.8 Å². The third kappa shape index (κ3) is 3.54. The summed E-state index contributed by atoms with van der Waals surface area (Å²) in [6.45, 7) is 9.08. The Balaban J connectivity index is 1.63. The number of nitrogens with one attached hydrogen (secondary N) is 1. The lowest BCUT2D eigenvalue weighted by molar-refractivity contribution is 0.167. The summed E-state index contributed by atoms with van der Waals surface area (Å²) in [5, 5.41) is 7.18. The Morgan fingerprint density at radius 3 is 2.47 bits per heavy atom. The molecule has 1 aliphatic carbocycles. The van der Waals surface area contributed by atoms with Gasteiger partial charge in [-0.2, -0.15) is 0 Å². The first kappa shape index (κ1) is 20.9. The van der Waals surface area contributed by atoms with Crippen molar-refractivity contribution in [2.75, 3.05) is 0 Å². The van der Waals surface area contributed by atoms with Crippen LogP contribution in [0.3, 0.4) is 0 Å². The Morgan fingerprint density at radius 2 is 1.75 bits per heavy atom. The maximum absolute atomic E-state index is 13.2. The number of imidazole rings is 1. The molecule has 5 heteroatoms. The second-order valence-electron chi connectivity index (χ2n) is 10.3. The summed E-state index contributed by atoms with van der Waals surface area (Å²) in [6.07, 6.45) is 5.32. The van der Waals surface area contributed by atoms with Crippen molar-refractivity contribution in [3.8, 4) is 11.4 Å². The van der Waals surface area contributed by atoms with Crippen molar-refractivity contribution in [1.29, 1.82) is 0 Å². The molecule has 2 aromatic heterocycles. The predicted molar refractivity (Wildman–Crippen MR) is 130 cm³/mol. The molecule has 1 saturated carbocycles. The number of rotatable bonds is 3. The molecule has 0 spiro atoms. The maximum Gasteiger partial charge on any atom is 0.277 e. The monoisotopic (exact) mass is 428 g/mol. The lowest BCUT2D eigenvalue weighted by atomic mass is 9.70. The normalized spacial score (nSPS) is 19.6. The van der Waals surface area contributed by atoms with E-state index in [1.165, 1.54) is 12.8 Å². The Labute approximate surface area is 188 Å². The van der Waals surface area contributed by atoms with Gasteiger partial charge in [0.05, 0.1) is 5.69 Å². The van der Waals surface area contributed by atoms with Crippen molar-refractivity contribution in [3.63, 3.8) is 0 Å². The molecule has 32 heavy (non-hydrogen) atoms. The van der Waals surface area contributed by atoms with Gasteiger partial charge in [0.1, 0.15) is 5.82 Å². The molecule has 4 aromatic rings. The summed E-state index contributed by atoms with van der Waals surface area (Å²) < 4.78 is 1.86. The molecule has 0 radical (unpaired) electrons. The minimum absolute atomic E-state index is 0.109. The van der Waals surface area contributed by atoms with Crippen LogP contribution in [0.4, 0.5) is 0 Å². The average molecular weight is 429 g/mol. The fraction of sp³-hybridized carbons (Fsp3) is 0.444. The first-order chi connectivity index (χ1) is 15.4. The van der Waals surface area contributed by atoms with Crippen molar-refractivity contribution >= 4 is 16.3 Å². The van der Waals surface area contributed by atoms with Gasteiger partial charge in [-0.25, -0.2) is 9.50 Å². The van der Waals surface area contributed by atoms with Gasteiger partial charge in [0, 0.05) is 11.5 Å². The van der Waals surface area contributed by atoms with Crippen LogP contribution in [0.1, 0.15) is 70.8 Å². The van der Waals surface area contributed by atoms with E-state index in [0.717, 1.165) is 53.0 Å². The number of aromatic nitrogens is 4. The molecule has 1 fully saturated rings. The summed E-state index contributed by atoms with van der Waals surface area (Å²) >= 11 is 0. The topological polar surface area (TPSA) is 63.1 Å². The molecule has 2 aromatic carbocycles. The van der Waals surface area contributed by atoms with E-state index >= 15 is 0 Å². The molecule has 0 saturated heterocycles. The number of hydrogen-bond acceptors (Lipinski definition) is 3. The summed E-state index contributed by atoms with van der Waals surface area (Å²) in [6, 6.07) is 14.3. The molecule has 0 atom stereocenters. The zero-order chi connectivity index (χ0) is 22.5. The Bertz CT molecular complexity index is 1330. The third-order valence-electron chi connectivity index (χ3n) is 7.30. The van der Waals surface area contributed by atoms with E-state index in [2.05, 4.69) is 50.9 Å². The molecule has 0 unspecified atom stereocenters. The first-order valence-corrected chi connectivity index (χ1v) is 11.9. The fourth-order valence-electron chi connectivity index (χ4n) is 5.38. The number of hydrogen-bond donors (Lipinski definition) is 1. The molecule has 5 rings (SSSR count). The number of fused-ring (bicyclic) bond motifs is 2. The van der Waals surface area contributed by atoms with Crippen molar-refractivity contribution in [2.24, 2.45) is 11.3 Å². The van der Waals surface area contributed by atoms with Crippen LogP contribution in [0, 0.1) is 11.3 Å². The zero-order valence-corrected chi connectivity index (χ0v) is 19.5. The van der Waals surface area contributed by atoms with E-state index < -0.39 is 0 Å². The first-order valence-electron chi connectivity index (χ1n) is 11.9. The van der Waals surface area contributed by atoms with E-state index in [0.29, 0.717) is 22.7 Å². The quantitative estimate of drug-likeness (QED) is 0.427. The minimum atomic E-state index is -0.109. The molecule has 1 N–H and O–H groups in total. The second kappa shape index (κ2) is 7.88. The van der Waals surface area contributed by atoms with E-state index in [4.69, 9.17) is 10.1 Å². The summed E-state index contributed by atoms with van der Waals surface area (Å²) in [7, 11) is 0. The van der Waals surface area contributed by atoms with Gasteiger partial charge in [0.15, 0.2) is 11.3 Å². The highest BCUT2D eigenvalue weighted by Crippen LogP contribution is 2.43. The van der Waals surface area contributed by atoms with Crippen LogP contribution in [-0.2, 0) is 6.42 Å². The summed E-state index contributed by atoms with van der Waals surface area (Å²) in [4.78, 5) is 21.2. The highest BCUT2D eigenvalue weighted by atomic mass is 16.1. The van der Waals surface area contributed by atoms with Crippen molar-refractivity contribution < 1.29 is 0 Å². The molecular formula is C27H32N4O. The van der Waals surface area contributed by atoms with Gasteiger partial charge in [-0.15, -0.1) is 5.10 Å². The maximum atomic E-state index is 13.2. The lowest BCUT2D eigenvalue weighted by Crippen LogP contribution is -2.26. The van der Waals surface area contributed by atoms with Gasteiger partial charge in [-0.3, -0.25) is 4.79 Å². The lowest BCUT2D eigenvalue weighted by Gasteiger charge is -2.36. The molecule has 166 valence electrons. The van der Waals surface area contributed by atoms with Gasteiger partial charge in [0.25, 0.3) is 5.56 Å². The third-order valence-corrected chi connectivity index (χ3v) is 7.30. The molecule has 0 bridgehead atoms. The highest BCUT2D eigenvalue weighted by molar-refractivity contribution is 5.94. The van der Waals surface area contributed by atoms with E-state index in [1.54, 1.807) is 0 Å². The van der Waals surface area contributed by atoms with Crippen LogP contribution < -0.4 is 5.56 Å². The molecule has 0 amide bonds. The largest absolute Gasteiger partial charge is 0.303 e. The van der Waals surface area contributed by atoms with Crippen LogP contribution in [-0.4, -0.2) is 19.6 Å². The number of aryl methyl sites for hydroxylation is 1. The van der Waals surface area contributed by atoms with Gasteiger partial charge >= 0.3 is 0 Å². The number of aromatic amines is 1. The number of H-pyrrole nitrogens is 1. The van der Waals surface area contributed by atoms with Crippen LogP contribution in [0.15, 0.2) is 47.3 Å². The average Bonchev–Trinajstić information content (AvgIpc) is 3.17. The molecule has 0 aliphatic heterocycles. The van der Waals surface area contributed by atoms with Crippen molar-refractivity contribution in [2.45, 2.75) is 65.7 Å². The molecule has 1 aliphatic rings. The minimum Gasteiger partial charge on any atom is -0.303 e. The van der Waals surface area contributed by atoms with Gasteiger partial charge in [0.2, 0.25) is 0 Å².